The van der Waals surface area contributed by atoms with Crippen LogP contribution in [-0.4, -0.2) is 114 Å². The van der Waals surface area contributed by atoms with E-state index in [1.54, 1.807) is 50.6 Å². The van der Waals surface area contributed by atoms with E-state index in [2.05, 4.69) is 42.9 Å². The lowest BCUT2D eigenvalue weighted by molar-refractivity contribution is 0.00552. The van der Waals surface area contributed by atoms with Gasteiger partial charge in [-0.15, -0.1) is 5.54 Å². The Bertz CT molecular complexity index is 1330. The Morgan fingerprint density at radius 3 is 1.50 bits per heavy atom. The van der Waals surface area contributed by atoms with Gasteiger partial charge in [-0.3, -0.25) is 0 Å². The van der Waals surface area contributed by atoms with Crippen LogP contribution in [-0.2, 0) is 37.9 Å². The summed E-state index contributed by atoms with van der Waals surface area (Å²) in [6, 6.07) is 12.1. The first-order valence-corrected chi connectivity index (χ1v) is 18.7. The minimum Gasteiger partial charge on any atom is -0.460 e. The summed E-state index contributed by atoms with van der Waals surface area (Å²) in [6.07, 6.45) is 0. The average molecular weight is 655 g/mol. The summed E-state index contributed by atoms with van der Waals surface area (Å²) >= 11 is 0. The fourth-order valence-corrected chi connectivity index (χ4v) is 4.02. The van der Waals surface area contributed by atoms with Gasteiger partial charge < -0.3 is 37.9 Å². The van der Waals surface area contributed by atoms with Crippen LogP contribution in [0, 0.1) is 23.3 Å². The molecule has 10 nitrogen and oxygen atoms in total. The molecule has 0 amide bonds. The second-order valence-electron chi connectivity index (χ2n) is 10.8. The molecule has 0 N–H and O–H groups in total. The van der Waals surface area contributed by atoms with Gasteiger partial charge in [0.1, 0.15) is 21.3 Å². The van der Waals surface area contributed by atoms with Gasteiger partial charge in [0.05, 0.1) is 77.2 Å². The fraction of sp³-hybridized carbons (Fsp3) is 0.486. The number of hydrogen-bond donors (Lipinski definition) is 0. The highest BCUT2D eigenvalue weighted by Gasteiger charge is 2.12. The molecule has 0 spiro atoms. The molecule has 0 aromatic heterocycles. The van der Waals surface area contributed by atoms with E-state index in [-0.39, 0.29) is 26.4 Å². The topological polar surface area (TPSA) is 108 Å². The van der Waals surface area contributed by atoms with Crippen LogP contribution >= 0.6 is 0 Å². The van der Waals surface area contributed by atoms with Gasteiger partial charge in [0.15, 0.2) is 0 Å². The lowest BCUT2D eigenvalue weighted by Gasteiger charge is -2.08. The third kappa shape index (κ3) is 17.8. The van der Waals surface area contributed by atoms with E-state index in [1.165, 1.54) is 0 Å². The molecule has 0 heterocycles. The summed E-state index contributed by atoms with van der Waals surface area (Å²) in [5.74, 6) is 8.40. The van der Waals surface area contributed by atoms with E-state index in [0.29, 0.717) is 80.7 Å². The molecule has 0 aliphatic rings. The van der Waals surface area contributed by atoms with Gasteiger partial charge in [-0.1, -0.05) is 43.5 Å². The van der Waals surface area contributed by atoms with Crippen molar-refractivity contribution in [3.05, 3.63) is 70.3 Å². The van der Waals surface area contributed by atoms with E-state index in [4.69, 9.17) is 37.9 Å². The van der Waals surface area contributed by atoms with Gasteiger partial charge >= 0.3 is 11.9 Å². The number of esters is 2. The number of hydrogen-bond acceptors (Lipinski definition) is 10. The van der Waals surface area contributed by atoms with E-state index in [1.807, 2.05) is 6.07 Å². The Hall–Kier alpha value is -3.52. The normalized spacial score (nSPS) is 10.8. The molecule has 0 aliphatic carbocycles. The molecule has 2 aromatic rings. The smallest absolute Gasteiger partial charge is 0.338 e. The zero-order valence-corrected chi connectivity index (χ0v) is 28.6. The van der Waals surface area contributed by atoms with Crippen LogP contribution in [0.5, 0.6) is 0 Å². The van der Waals surface area contributed by atoms with Gasteiger partial charge in [0, 0.05) is 30.9 Å². The lowest BCUT2D eigenvalue weighted by Crippen LogP contribution is -2.16. The largest absolute Gasteiger partial charge is 0.460 e. The maximum atomic E-state index is 12.9. The first kappa shape index (κ1) is 38.7. The summed E-state index contributed by atoms with van der Waals surface area (Å²) in [4.78, 5) is 25.4. The SMILES string of the molecule is COCCOCCOCCOC(=O)c1cccc(C#Cc2cc(C#C[Si](C)(C)C)cc(C(=O)OCCOCCOCCOC)c2)c1. The van der Waals surface area contributed by atoms with Gasteiger partial charge in [0.25, 0.3) is 0 Å². The molecule has 11 heteroatoms. The number of methoxy groups -OCH3 is 2. The quantitative estimate of drug-likeness (QED) is 0.0901. The van der Waals surface area contributed by atoms with Crippen LogP contribution in [0.3, 0.4) is 0 Å². The van der Waals surface area contributed by atoms with E-state index >= 15 is 0 Å². The molecule has 2 aromatic carbocycles. The summed E-state index contributed by atoms with van der Waals surface area (Å²) in [6.45, 7) is 10.9. The minimum atomic E-state index is -1.67. The van der Waals surface area contributed by atoms with Crippen molar-refractivity contribution in [2.45, 2.75) is 19.6 Å². The van der Waals surface area contributed by atoms with Crippen LogP contribution in [0.2, 0.25) is 19.6 Å². The maximum absolute atomic E-state index is 12.9. The summed E-state index contributed by atoms with van der Waals surface area (Å²) in [5, 5.41) is 0. The van der Waals surface area contributed by atoms with Crippen molar-refractivity contribution in [1.29, 1.82) is 0 Å². The van der Waals surface area contributed by atoms with Gasteiger partial charge in [0.2, 0.25) is 0 Å². The first-order chi connectivity index (χ1) is 22.2. The molecule has 0 bridgehead atoms. The monoisotopic (exact) mass is 654 g/mol. The Morgan fingerprint density at radius 1 is 0.543 bits per heavy atom. The van der Waals surface area contributed by atoms with Crippen LogP contribution in [0.1, 0.15) is 37.4 Å². The van der Waals surface area contributed by atoms with E-state index < -0.39 is 20.0 Å². The number of ether oxygens (including phenoxy) is 8. The molecule has 0 fully saturated rings. The molecule has 0 saturated heterocycles. The molecular formula is C35H46O10Si. The fourth-order valence-electron chi connectivity index (χ4n) is 3.50. The molecule has 0 atom stereocenters. The highest BCUT2D eigenvalue weighted by atomic mass is 28.3. The molecule has 2 rings (SSSR count). The van der Waals surface area contributed by atoms with E-state index in [9.17, 15) is 9.59 Å². The van der Waals surface area contributed by atoms with Gasteiger partial charge in [-0.2, -0.15) is 0 Å². The number of carbonyl (C=O) groups is 2. The summed E-state index contributed by atoms with van der Waals surface area (Å²) < 4.78 is 42.1. The predicted molar refractivity (Wildman–Crippen MR) is 177 cm³/mol. The highest BCUT2D eigenvalue weighted by molar-refractivity contribution is 6.83. The van der Waals surface area contributed by atoms with Crippen molar-refractivity contribution in [3.8, 4) is 23.3 Å². The summed E-state index contributed by atoms with van der Waals surface area (Å²) in [7, 11) is 1.56. The van der Waals surface area contributed by atoms with Crippen LogP contribution in [0.25, 0.3) is 0 Å². The van der Waals surface area contributed by atoms with Crippen molar-refractivity contribution < 1.29 is 47.5 Å². The van der Waals surface area contributed by atoms with Crippen LogP contribution < -0.4 is 0 Å². The molecule has 0 unspecified atom stereocenters. The Kier molecular flexibility index (Phi) is 19.2. The predicted octanol–water partition coefficient (Wildman–Crippen LogP) is 3.99. The maximum Gasteiger partial charge on any atom is 0.338 e. The number of benzene rings is 2. The molecular weight excluding hydrogens is 608 g/mol. The second kappa shape index (κ2) is 22.9. The van der Waals surface area contributed by atoms with Gasteiger partial charge in [-0.25, -0.2) is 9.59 Å². The van der Waals surface area contributed by atoms with Crippen molar-refractivity contribution in [1.82, 2.24) is 0 Å². The molecule has 0 aliphatic heterocycles. The average Bonchev–Trinajstić information content (AvgIpc) is 3.04. The first-order valence-electron chi connectivity index (χ1n) is 15.2. The zero-order chi connectivity index (χ0) is 33.5. The summed E-state index contributed by atoms with van der Waals surface area (Å²) in [5.41, 5.74) is 5.92. The van der Waals surface area contributed by atoms with Crippen LogP contribution in [0.4, 0.5) is 0 Å². The Balaban J connectivity index is 2.00. The number of carbonyl (C=O) groups excluding carboxylic acids is 2. The minimum absolute atomic E-state index is 0.0983. The van der Waals surface area contributed by atoms with Crippen molar-refractivity contribution in [3.63, 3.8) is 0 Å². The van der Waals surface area contributed by atoms with Crippen molar-refractivity contribution in [2.75, 3.05) is 93.5 Å². The Labute approximate surface area is 273 Å². The Morgan fingerprint density at radius 2 is 0.978 bits per heavy atom. The highest BCUT2D eigenvalue weighted by Crippen LogP contribution is 2.13. The molecule has 250 valence electrons. The van der Waals surface area contributed by atoms with Gasteiger partial charge in [-0.05, 0) is 36.4 Å². The standard InChI is InChI=1S/C35H46O10Si/c1-38-12-14-40-16-18-42-20-22-44-34(36)32-8-6-7-29(26-32)9-10-30-25-31(11-24-46(3,4)5)28-33(27-30)35(37)45-23-21-43-19-17-41-15-13-39-2/h6-8,25-28H,12-23H2,1-5H3. The molecule has 0 radical (unpaired) electrons. The van der Waals surface area contributed by atoms with Crippen LogP contribution in [0.15, 0.2) is 42.5 Å². The zero-order valence-electron chi connectivity index (χ0n) is 27.6. The van der Waals surface area contributed by atoms with E-state index in [0.717, 1.165) is 0 Å². The number of rotatable bonds is 20. The van der Waals surface area contributed by atoms with Crippen molar-refractivity contribution in [2.24, 2.45) is 0 Å². The second-order valence-corrected chi connectivity index (χ2v) is 15.6. The van der Waals surface area contributed by atoms with Crippen molar-refractivity contribution >= 4 is 20.0 Å². The lowest BCUT2D eigenvalue weighted by atomic mass is 10.1. The molecule has 46 heavy (non-hydrogen) atoms. The third-order valence-corrected chi connectivity index (χ3v) is 6.60. The third-order valence-electron chi connectivity index (χ3n) is 5.73. The molecule has 0 saturated carbocycles.